The fourth-order valence-corrected chi connectivity index (χ4v) is 19.9. The van der Waals surface area contributed by atoms with Gasteiger partial charge >= 0.3 is 0 Å². The van der Waals surface area contributed by atoms with Gasteiger partial charge in [0.25, 0.3) is 0 Å². The molecule has 10 saturated carbocycles. The van der Waals surface area contributed by atoms with Gasteiger partial charge in [0.15, 0.2) is 0 Å². The molecule has 0 nitrogen and oxygen atoms in total. The maximum Gasteiger partial charge on any atom is -0.0318 e. The Labute approximate surface area is 323 Å². The van der Waals surface area contributed by atoms with Crippen molar-refractivity contribution in [2.24, 2.45) is 107 Å². The second-order valence-corrected chi connectivity index (χ2v) is 22.8. The van der Waals surface area contributed by atoms with E-state index < -0.39 is 0 Å². The largest absolute Gasteiger partial charge is 0.0533 e. The molecule has 0 saturated heterocycles. The summed E-state index contributed by atoms with van der Waals surface area (Å²) in [5.74, 6) is 20.3. The highest BCUT2D eigenvalue weighted by Gasteiger charge is 2.62. The molecular formula is C52H86. The highest BCUT2D eigenvalue weighted by Crippen LogP contribution is 2.69. The van der Waals surface area contributed by atoms with Gasteiger partial charge in [-0.05, 0) is 184 Å². The van der Waals surface area contributed by atoms with Crippen molar-refractivity contribution >= 4 is 0 Å². The molecule has 0 amide bonds. The summed E-state index contributed by atoms with van der Waals surface area (Å²) >= 11 is 0. The van der Waals surface area contributed by atoms with E-state index in [9.17, 15) is 0 Å². The molecule has 52 heavy (non-hydrogen) atoms. The molecule has 10 aliphatic carbocycles. The molecule has 0 aromatic rings. The van der Waals surface area contributed by atoms with E-state index in [0.717, 1.165) is 107 Å². The fraction of sp³-hybridized carbons (Fsp3) is 1.00. The quantitative estimate of drug-likeness (QED) is 0.266. The molecule has 0 radical (unpaired) electrons. The summed E-state index contributed by atoms with van der Waals surface area (Å²) in [6, 6.07) is 0. The molecule has 0 aromatic carbocycles. The van der Waals surface area contributed by atoms with Gasteiger partial charge in [-0.3, -0.25) is 0 Å². The van der Waals surface area contributed by atoms with Crippen LogP contribution >= 0.6 is 0 Å². The van der Waals surface area contributed by atoms with E-state index in [4.69, 9.17) is 0 Å². The second kappa shape index (κ2) is 16.5. The van der Waals surface area contributed by atoms with Crippen LogP contribution in [0.5, 0.6) is 0 Å². The van der Waals surface area contributed by atoms with E-state index in [1.165, 1.54) is 0 Å². The Balaban J connectivity index is 1.00. The molecule has 10 rings (SSSR count). The predicted molar refractivity (Wildman–Crippen MR) is 220 cm³/mol. The lowest BCUT2D eigenvalue weighted by molar-refractivity contribution is -0.181. The van der Waals surface area contributed by atoms with E-state index >= 15 is 0 Å². The summed E-state index contributed by atoms with van der Waals surface area (Å²) in [6.45, 7) is 0. The third kappa shape index (κ3) is 6.69. The molecule has 294 valence electrons. The summed E-state index contributed by atoms with van der Waals surface area (Å²) in [6.07, 6.45) is 54.7. The van der Waals surface area contributed by atoms with Crippen molar-refractivity contribution in [2.75, 3.05) is 0 Å². The maximum absolute atomic E-state index is 1.66. The summed E-state index contributed by atoms with van der Waals surface area (Å²) in [7, 11) is 0. The van der Waals surface area contributed by atoms with E-state index in [1.54, 1.807) is 218 Å². The van der Waals surface area contributed by atoms with Crippen LogP contribution in [-0.2, 0) is 0 Å². The third-order valence-corrected chi connectivity index (χ3v) is 21.1. The Hall–Kier alpha value is 0. The Morgan fingerprint density at radius 1 is 0.135 bits per heavy atom. The van der Waals surface area contributed by atoms with Crippen molar-refractivity contribution < 1.29 is 0 Å². The van der Waals surface area contributed by atoms with Crippen LogP contribution in [0, 0.1) is 107 Å². The number of hydrogen-bond acceptors (Lipinski definition) is 0. The van der Waals surface area contributed by atoms with E-state index in [0.29, 0.717) is 0 Å². The molecule has 10 aliphatic rings. The van der Waals surface area contributed by atoms with Crippen LogP contribution in [-0.4, -0.2) is 0 Å². The molecule has 0 aliphatic heterocycles. The molecule has 0 spiro atoms. The maximum atomic E-state index is 1.66. The van der Waals surface area contributed by atoms with Crippen LogP contribution in [0.1, 0.15) is 218 Å². The topological polar surface area (TPSA) is 0 Å². The first-order valence-electron chi connectivity index (χ1n) is 25.9. The zero-order valence-electron chi connectivity index (χ0n) is 34.4. The zero-order chi connectivity index (χ0) is 34.4. The molecule has 0 heterocycles. The van der Waals surface area contributed by atoms with Crippen LogP contribution in [0.25, 0.3) is 0 Å². The van der Waals surface area contributed by atoms with Gasteiger partial charge in [-0.15, -0.1) is 0 Å². The molecule has 12 atom stereocenters. The lowest BCUT2D eigenvalue weighted by atomic mass is 9.38. The third-order valence-electron chi connectivity index (χ3n) is 21.1. The van der Waals surface area contributed by atoms with Crippen molar-refractivity contribution in [1.82, 2.24) is 0 Å². The van der Waals surface area contributed by atoms with Crippen LogP contribution in [0.2, 0.25) is 0 Å². The highest BCUT2D eigenvalue weighted by molar-refractivity contribution is 5.11. The van der Waals surface area contributed by atoms with Crippen LogP contribution in [0.15, 0.2) is 0 Å². The van der Waals surface area contributed by atoms with Gasteiger partial charge < -0.3 is 0 Å². The van der Waals surface area contributed by atoms with Crippen molar-refractivity contribution in [3.05, 3.63) is 0 Å². The first-order chi connectivity index (χ1) is 25.9. The summed E-state index contributed by atoms with van der Waals surface area (Å²) in [5, 5.41) is 0. The molecule has 0 bridgehead atoms. The molecule has 0 aromatic heterocycles. The summed E-state index contributed by atoms with van der Waals surface area (Å²) in [4.78, 5) is 0. The first-order valence-corrected chi connectivity index (χ1v) is 25.9. The van der Waals surface area contributed by atoms with Gasteiger partial charge in [0.05, 0.1) is 0 Å². The zero-order valence-corrected chi connectivity index (χ0v) is 34.4. The van der Waals surface area contributed by atoms with E-state index in [1.807, 2.05) is 0 Å². The minimum atomic E-state index is 1.11. The van der Waals surface area contributed by atoms with Crippen molar-refractivity contribution in [2.45, 2.75) is 218 Å². The van der Waals surface area contributed by atoms with Gasteiger partial charge in [-0.2, -0.15) is 0 Å². The van der Waals surface area contributed by atoms with Crippen molar-refractivity contribution in [3.8, 4) is 0 Å². The Morgan fingerprint density at radius 3 is 0.558 bits per heavy atom. The summed E-state index contributed by atoms with van der Waals surface area (Å²) in [5.41, 5.74) is 0. The van der Waals surface area contributed by atoms with Gasteiger partial charge in [-0.25, -0.2) is 0 Å². The molecule has 10 fully saturated rings. The smallest absolute Gasteiger partial charge is 0.0318 e. The second-order valence-electron chi connectivity index (χ2n) is 22.8. The standard InChI is InChI=1S/C52H86/c1-3-19-35(20-4-1)37-23-7-9-25-39(37)49-41-27-11-15-31-45(41)51(46-32-16-12-28-42(46)49)52-47-33-17-13-29-43(47)50(44-30-14-18-34-48(44)52)40-26-10-8-24-38(40)36-21-5-2-6-22-36/h35-52H,1-34H2. The summed E-state index contributed by atoms with van der Waals surface area (Å²) < 4.78 is 0. The minimum Gasteiger partial charge on any atom is -0.0533 e. The van der Waals surface area contributed by atoms with E-state index in [-0.39, 0.29) is 0 Å². The lowest BCUT2D eigenvalue weighted by Gasteiger charge is -2.66. The van der Waals surface area contributed by atoms with Crippen LogP contribution in [0.4, 0.5) is 0 Å². The van der Waals surface area contributed by atoms with E-state index in [2.05, 4.69) is 0 Å². The molecule has 12 unspecified atom stereocenters. The number of rotatable bonds is 5. The van der Waals surface area contributed by atoms with Crippen LogP contribution < -0.4 is 0 Å². The van der Waals surface area contributed by atoms with Gasteiger partial charge in [0, 0.05) is 0 Å². The average molecular weight is 711 g/mol. The monoisotopic (exact) mass is 711 g/mol. The Kier molecular flexibility index (Phi) is 11.5. The van der Waals surface area contributed by atoms with Crippen LogP contribution in [0.3, 0.4) is 0 Å². The van der Waals surface area contributed by atoms with Crippen molar-refractivity contribution in [1.29, 1.82) is 0 Å². The number of hydrogen-bond donors (Lipinski definition) is 0. The predicted octanol–water partition coefficient (Wildman–Crippen LogP) is 15.5. The number of fused-ring (bicyclic) bond motifs is 4. The van der Waals surface area contributed by atoms with Gasteiger partial charge in [0.1, 0.15) is 0 Å². The Bertz CT molecular complexity index is 989. The highest BCUT2D eigenvalue weighted by atomic mass is 14.7. The van der Waals surface area contributed by atoms with Gasteiger partial charge in [-0.1, -0.05) is 141 Å². The normalized spacial score (nSPS) is 51.0. The fourth-order valence-electron chi connectivity index (χ4n) is 19.9. The SMILES string of the molecule is C1CCC(C2CCCCC2C2C3CCCCC3C(C3C4CCCCC4C(C4CCCCC4C4CCCCC4)C4CCCCC43)C3CCCCC32)CC1. The average Bonchev–Trinajstić information content (AvgIpc) is 3.23. The van der Waals surface area contributed by atoms with Crippen molar-refractivity contribution in [3.63, 3.8) is 0 Å². The molecule has 0 heteroatoms. The molecular weight excluding hydrogens is 625 g/mol. The van der Waals surface area contributed by atoms with Gasteiger partial charge in [0.2, 0.25) is 0 Å². The Morgan fingerprint density at radius 2 is 0.308 bits per heavy atom. The first kappa shape index (κ1) is 36.3. The minimum absolute atomic E-state index is 1.11. The lowest BCUT2D eigenvalue weighted by Crippen LogP contribution is -2.60. The molecule has 0 N–H and O–H groups in total.